The monoisotopic (exact) mass is 327 g/mol. The number of hydrogen-bond donors (Lipinski definition) is 1. The van der Waals surface area contributed by atoms with Crippen LogP contribution >= 0.6 is 11.3 Å². The molecule has 3 aromatic heterocycles. The fourth-order valence-corrected chi connectivity index (χ4v) is 3.03. The Kier molecular flexibility index (Phi) is 4.20. The summed E-state index contributed by atoms with van der Waals surface area (Å²) in [5, 5.41) is 9.90. The third-order valence-electron chi connectivity index (χ3n) is 3.68. The molecular weight excluding hydrogens is 310 g/mol. The van der Waals surface area contributed by atoms with Crippen LogP contribution in [-0.4, -0.2) is 25.7 Å². The molecule has 3 heterocycles. The molecule has 3 rings (SSSR count). The van der Waals surface area contributed by atoms with E-state index >= 15 is 0 Å². The van der Waals surface area contributed by atoms with E-state index < -0.39 is 0 Å². The van der Waals surface area contributed by atoms with E-state index in [1.165, 1.54) is 11.3 Å². The zero-order valence-electron chi connectivity index (χ0n) is 13.1. The van der Waals surface area contributed by atoms with E-state index in [1.54, 1.807) is 23.3 Å². The Morgan fingerprint density at radius 1 is 1.39 bits per heavy atom. The van der Waals surface area contributed by atoms with Crippen LogP contribution in [0.3, 0.4) is 0 Å². The van der Waals surface area contributed by atoms with Gasteiger partial charge in [0, 0.05) is 36.1 Å². The first kappa shape index (κ1) is 15.4. The van der Waals surface area contributed by atoms with Crippen LogP contribution in [0.15, 0.2) is 36.1 Å². The highest BCUT2D eigenvalue weighted by Gasteiger charge is 2.18. The summed E-state index contributed by atoms with van der Waals surface area (Å²) in [6.07, 6.45) is 5.09. The van der Waals surface area contributed by atoms with Crippen LogP contribution < -0.4 is 5.32 Å². The second-order valence-corrected chi connectivity index (χ2v) is 6.16. The topological polar surface area (TPSA) is 72.7 Å². The molecule has 0 spiro atoms. The van der Waals surface area contributed by atoms with Gasteiger partial charge in [0.25, 0.3) is 5.91 Å². The number of hydrogen-bond acceptors (Lipinski definition) is 5. The van der Waals surface area contributed by atoms with Crippen LogP contribution in [-0.2, 0) is 7.05 Å². The first-order valence-electron chi connectivity index (χ1n) is 7.21. The van der Waals surface area contributed by atoms with Crippen molar-refractivity contribution in [3.8, 4) is 11.3 Å². The predicted octanol–water partition coefficient (Wildman–Crippen LogP) is 2.74. The minimum absolute atomic E-state index is 0.138. The molecule has 0 unspecified atom stereocenters. The van der Waals surface area contributed by atoms with Crippen molar-refractivity contribution in [1.82, 2.24) is 25.1 Å². The molecule has 0 aliphatic carbocycles. The van der Waals surface area contributed by atoms with Gasteiger partial charge in [-0.15, -0.1) is 11.3 Å². The average molecular weight is 327 g/mol. The van der Waals surface area contributed by atoms with Crippen LogP contribution in [0.4, 0.5) is 0 Å². The van der Waals surface area contributed by atoms with Gasteiger partial charge in [0.2, 0.25) is 0 Å². The Morgan fingerprint density at radius 3 is 2.87 bits per heavy atom. The largest absolute Gasteiger partial charge is 0.343 e. The van der Waals surface area contributed by atoms with Gasteiger partial charge in [0.05, 0.1) is 23.5 Å². The molecule has 118 valence electrons. The highest BCUT2D eigenvalue weighted by Crippen LogP contribution is 2.25. The molecule has 0 aliphatic rings. The summed E-state index contributed by atoms with van der Waals surface area (Å²) in [5.41, 5.74) is 3.27. The molecule has 1 atom stereocenters. The number of aryl methyl sites for hydroxylation is 1. The predicted molar refractivity (Wildman–Crippen MR) is 89.2 cm³/mol. The van der Waals surface area contributed by atoms with Crippen LogP contribution in [0, 0.1) is 6.92 Å². The van der Waals surface area contributed by atoms with Gasteiger partial charge in [-0.1, -0.05) is 0 Å². The number of carbonyl (C=O) groups excluding carboxylic acids is 1. The lowest BCUT2D eigenvalue weighted by atomic mass is 10.2. The van der Waals surface area contributed by atoms with Gasteiger partial charge in [-0.05, 0) is 26.0 Å². The second-order valence-electron chi connectivity index (χ2n) is 5.28. The molecule has 0 aliphatic heterocycles. The Bertz CT molecular complexity index is 824. The molecule has 0 saturated carbocycles. The van der Waals surface area contributed by atoms with E-state index in [1.807, 2.05) is 38.4 Å². The van der Waals surface area contributed by atoms with Crippen LogP contribution in [0.5, 0.6) is 0 Å². The highest BCUT2D eigenvalue weighted by atomic mass is 32.1. The van der Waals surface area contributed by atoms with Gasteiger partial charge < -0.3 is 5.32 Å². The summed E-state index contributed by atoms with van der Waals surface area (Å²) in [4.78, 5) is 21.0. The van der Waals surface area contributed by atoms with E-state index in [-0.39, 0.29) is 11.9 Å². The van der Waals surface area contributed by atoms with Crippen molar-refractivity contribution in [1.29, 1.82) is 0 Å². The number of amides is 1. The summed E-state index contributed by atoms with van der Waals surface area (Å²) in [6.45, 7) is 3.80. The first-order valence-corrected chi connectivity index (χ1v) is 8.09. The minimum atomic E-state index is -0.169. The van der Waals surface area contributed by atoms with Gasteiger partial charge in [-0.3, -0.25) is 14.5 Å². The van der Waals surface area contributed by atoms with E-state index in [0.29, 0.717) is 5.56 Å². The first-order chi connectivity index (χ1) is 11.1. The molecule has 0 aromatic carbocycles. The summed E-state index contributed by atoms with van der Waals surface area (Å²) in [6, 6.07) is 3.68. The van der Waals surface area contributed by atoms with E-state index in [4.69, 9.17) is 0 Å². The molecule has 0 bridgehead atoms. The third kappa shape index (κ3) is 3.14. The number of nitrogens with zero attached hydrogens (tertiary/aromatic N) is 4. The van der Waals surface area contributed by atoms with Crippen molar-refractivity contribution in [3.63, 3.8) is 0 Å². The Morgan fingerprint density at radius 2 is 2.22 bits per heavy atom. The van der Waals surface area contributed by atoms with Crippen LogP contribution in [0.1, 0.15) is 34.0 Å². The summed E-state index contributed by atoms with van der Waals surface area (Å²) in [7, 11) is 1.82. The van der Waals surface area contributed by atoms with Crippen molar-refractivity contribution < 1.29 is 4.79 Å². The molecule has 6 nitrogen and oxygen atoms in total. The third-order valence-corrected chi connectivity index (χ3v) is 4.70. The summed E-state index contributed by atoms with van der Waals surface area (Å²) < 4.78 is 1.68. The summed E-state index contributed by atoms with van der Waals surface area (Å²) in [5.74, 6) is -0.138. The second kappa shape index (κ2) is 6.29. The summed E-state index contributed by atoms with van der Waals surface area (Å²) >= 11 is 1.52. The normalized spacial score (nSPS) is 12.1. The smallest absolute Gasteiger partial charge is 0.255 e. The lowest BCUT2D eigenvalue weighted by molar-refractivity contribution is 0.0939. The molecule has 0 fully saturated rings. The van der Waals surface area contributed by atoms with Gasteiger partial charge >= 0.3 is 0 Å². The maximum absolute atomic E-state index is 12.3. The van der Waals surface area contributed by atoms with Crippen molar-refractivity contribution in [2.45, 2.75) is 19.9 Å². The quantitative estimate of drug-likeness (QED) is 0.800. The minimum Gasteiger partial charge on any atom is -0.343 e. The van der Waals surface area contributed by atoms with E-state index in [2.05, 4.69) is 20.4 Å². The molecule has 0 saturated heterocycles. The molecule has 1 amide bonds. The van der Waals surface area contributed by atoms with Crippen molar-refractivity contribution >= 4 is 17.2 Å². The number of nitrogens with one attached hydrogen (secondary N) is 1. The zero-order chi connectivity index (χ0) is 16.4. The molecule has 1 N–H and O–H groups in total. The fraction of sp³-hybridized carbons (Fsp3) is 0.250. The Hall–Kier alpha value is -2.54. The molecular formula is C16H17N5OS. The molecule has 23 heavy (non-hydrogen) atoms. The lowest BCUT2D eigenvalue weighted by Crippen LogP contribution is -2.27. The molecule has 7 heteroatoms. The highest BCUT2D eigenvalue weighted by molar-refractivity contribution is 7.10. The molecule has 3 aromatic rings. The van der Waals surface area contributed by atoms with Crippen molar-refractivity contribution in [2.24, 2.45) is 7.05 Å². The number of pyridine rings is 1. The number of rotatable bonds is 4. The Balaban J connectivity index is 1.74. The number of thiazole rings is 1. The van der Waals surface area contributed by atoms with Crippen molar-refractivity contribution in [3.05, 3.63) is 52.4 Å². The van der Waals surface area contributed by atoms with Gasteiger partial charge in [0.1, 0.15) is 5.01 Å². The van der Waals surface area contributed by atoms with Gasteiger partial charge in [-0.2, -0.15) is 5.10 Å². The lowest BCUT2D eigenvalue weighted by Gasteiger charge is -2.11. The zero-order valence-corrected chi connectivity index (χ0v) is 14.0. The fourth-order valence-electron chi connectivity index (χ4n) is 2.19. The number of aromatic nitrogens is 4. The maximum atomic E-state index is 12.3. The Labute approximate surface area is 138 Å². The standard InChI is InChI=1S/C16H17N5OS/c1-10(19-15(22)13-8-18-21(3)11(13)2)16-20-14(9-23-16)12-5-4-6-17-7-12/h4-10H,1-3H3,(H,19,22)/t10-/m0/s1. The van der Waals surface area contributed by atoms with Gasteiger partial charge in [-0.25, -0.2) is 4.98 Å². The van der Waals surface area contributed by atoms with Crippen molar-refractivity contribution in [2.75, 3.05) is 0 Å². The average Bonchev–Trinajstić information content (AvgIpc) is 3.16. The van der Waals surface area contributed by atoms with E-state index in [0.717, 1.165) is 22.0 Å². The van der Waals surface area contributed by atoms with Gasteiger partial charge in [0.15, 0.2) is 0 Å². The SMILES string of the molecule is Cc1c(C(=O)N[C@@H](C)c2nc(-c3cccnc3)cs2)cnn1C. The van der Waals surface area contributed by atoms with E-state index in [9.17, 15) is 4.79 Å². The molecule has 0 radical (unpaired) electrons. The van der Waals surface area contributed by atoms with Crippen LogP contribution in [0.2, 0.25) is 0 Å². The number of carbonyl (C=O) groups is 1. The maximum Gasteiger partial charge on any atom is 0.255 e. The van der Waals surface area contributed by atoms with Crippen LogP contribution in [0.25, 0.3) is 11.3 Å².